The summed E-state index contributed by atoms with van der Waals surface area (Å²) >= 11 is 0. The third-order valence-electron chi connectivity index (χ3n) is 2.69. The normalized spacial score (nSPS) is 11.9. The molecule has 19 heavy (non-hydrogen) atoms. The monoisotopic (exact) mass is 271 g/mol. The first kappa shape index (κ1) is 15.9. The summed E-state index contributed by atoms with van der Waals surface area (Å²) in [4.78, 5) is 0. The molecule has 0 atom stereocenters. The number of nitrogens with one attached hydrogen (secondary N) is 1. The Hall–Kier alpha value is -1.16. The smallest absolute Gasteiger partial charge is 0.200 e. The molecular weight excluding hydrogens is 248 g/mol. The molecule has 108 valence electrons. The summed E-state index contributed by atoms with van der Waals surface area (Å²) in [6.45, 7) is 10.4. The van der Waals surface area contributed by atoms with E-state index in [-0.39, 0.29) is 11.2 Å². The van der Waals surface area contributed by atoms with Gasteiger partial charge in [-0.1, -0.05) is 33.8 Å². The lowest BCUT2D eigenvalue weighted by Gasteiger charge is -2.25. The molecule has 0 aliphatic carbocycles. The van der Waals surface area contributed by atoms with Gasteiger partial charge in [-0.05, 0) is 24.6 Å². The van der Waals surface area contributed by atoms with Gasteiger partial charge in [-0.25, -0.2) is 4.39 Å². The molecular formula is C15H23F2NO. The quantitative estimate of drug-likeness (QED) is 0.818. The molecule has 0 aliphatic rings. The number of halogens is 2. The van der Waals surface area contributed by atoms with E-state index in [0.29, 0.717) is 12.5 Å². The van der Waals surface area contributed by atoms with Crippen LogP contribution in [0.4, 0.5) is 8.78 Å². The molecule has 0 saturated carbocycles. The maximum Gasteiger partial charge on any atom is 0.200 e. The van der Waals surface area contributed by atoms with Crippen molar-refractivity contribution >= 4 is 0 Å². The van der Waals surface area contributed by atoms with Crippen molar-refractivity contribution in [3.63, 3.8) is 0 Å². The molecule has 0 aromatic heterocycles. The fourth-order valence-corrected chi connectivity index (χ4v) is 1.62. The first-order valence-corrected chi connectivity index (χ1v) is 6.59. The maximum absolute atomic E-state index is 13.4. The van der Waals surface area contributed by atoms with Crippen LogP contribution < -0.4 is 10.1 Å². The highest BCUT2D eigenvalue weighted by Gasteiger charge is 2.20. The van der Waals surface area contributed by atoms with Crippen LogP contribution in [0.2, 0.25) is 0 Å². The predicted octanol–water partition coefficient (Wildman–Crippen LogP) is 3.62. The lowest BCUT2D eigenvalue weighted by atomic mass is 9.94. The SMILES string of the molecule is CC(C)CNCC(C)(C)COc1cccc(F)c1F. The highest BCUT2D eigenvalue weighted by molar-refractivity contribution is 5.25. The molecule has 0 heterocycles. The number of benzene rings is 1. The van der Waals surface area contributed by atoms with Gasteiger partial charge in [0.1, 0.15) is 0 Å². The van der Waals surface area contributed by atoms with Gasteiger partial charge in [0.15, 0.2) is 11.6 Å². The van der Waals surface area contributed by atoms with Crippen LogP contribution in [-0.2, 0) is 0 Å². The van der Waals surface area contributed by atoms with Crippen LogP contribution in [0.5, 0.6) is 5.75 Å². The topological polar surface area (TPSA) is 21.3 Å². The molecule has 2 nitrogen and oxygen atoms in total. The molecule has 0 bridgehead atoms. The summed E-state index contributed by atoms with van der Waals surface area (Å²) in [5.74, 6) is -1.25. The van der Waals surface area contributed by atoms with Gasteiger partial charge in [0.2, 0.25) is 5.82 Å². The molecule has 4 heteroatoms. The number of ether oxygens (including phenoxy) is 1. The highest BCUT2D eigenvalue weighted by atomic mass is 19.2. The largest absolute Gasteiger partial charge is 0.490 e. The second kappa shape index (κ2) is 6.85. The first-order valence-electron chi connectivity index (χ1n) is 6.59. The summed E-state index contributed by atoms with van der Waals surface area (Å²) in [5.41, 5.74) is -0.145. The highest BCUT2D eigenvalue weighted by Crippen LogP contribution is 2.22. The van der Waals surface area contributed by atoms with E-state index in [2.05, 4.69) is 19.2 Å². The van der Waals surface area contributed by atoms with Crippen LogP contribution >= 0.6 is 0 Å². The molecule has 1 aromatic carbocycles. The van der Waals surface area contributed by atoms with Crippen molar-refractivity contribution in [2.45, 2.75) is 27.7 Å². The lowest BCUT2D eigenvalue weighted by Crippen LogP contribution is -2.36. The van der Waals surface area contributed by atoms with E-state index in [1.165, 1.54) is 12.1 Å². The van der Waals surface area contributed by atoms with Crippen LogP contribution in [0.1, 0.15) is 27.7 Å². The lowest BCUT2D eigenvalue weighted by molar-refractivity contribution is 0.168. The van der Waals surface area contributed by atoms with Crippen molar-refractivity contribution in [3.8, 4) is 5.75 Å². The zero-order valence-electron chi connectivity index (χ0n) is 12.1. The van der Waals surface area contributed by atoms with Crippen LogP contribution in [0, 0.1) is 23.0 Å². The number of hydrogen-bond acceptors (Lipinski definition) is 2. The standard InChI is InChI=1S/C15H23F2NO/c1-11(2)8-18-9-15(3,4)10-19-13-7-5-6-12(16)14(13)17/h5-7,11,18H,8-10H2,1-4H3. The zero-order valence-corrected chi connectivity index (χ0v) is 12.1. The van der Waals surface area contributed by atoms with E-state index in [0.717, 1.165) is 19.2 Å². The third kappa shape index (κ3) is 5.55. The Labute approximate surface area is 114 Å². The minimum Gasteiger partial charge on any atom is -0.490 e. The predicted molar refractivity (Wildman–Crippen MR) is 73.3 cm³/mol. The van der Waals surface area contributed by atoms with E-state index in [1.54, 1.807) is 0 Å². The molecule has 1 N–H and O–H groups in total. The van der Waals surface area contributed by atoms with Gasteiger partial charge in [0, 0.05) is 12.0 Å². The number of rotatable bonds is 7. The Morgan fingerprint density at radius 2 is 1.95 bits per heavy atom. The summed E-state index contributed by atoms with van der Waals surface area (Å²) in [7, 11) is 0. The maximum atomic E-state index is 13.4. The zero-order chi connectivity index (χ0) is 14.5. The van der Waals surface area contributed by atoms with E-state index in [1.807, 2.05) is 13.8 Å². The summed E-state index contributed by atoms with van der Waals surface area (Å²) in [5, 5.41) is 3.34. The molecule has 0 unspecified atom stereocenters. The van der Waals surface area contributed by atoms with E-state index >= 15 is 0 Å². The second-order valence-electron chi connectivity index (χ2n) is 6.03. The minimum atomic E-state index is -0.923. The Balaban J connectivity index is 2.48. The van der Waals surface area contributed by atoms with Gasteiger partial charge >= 0.3 is 0 Å². The van der Waals surface area contributed by atoms with Crippen LogP contribution in [0.25, 0.3) is 0 Å². The molecule has 0 radical (unpaired) electrons. The minimum absolute atomic E-state index is 0.0306. The van der Waals surface area contributed by atoms with Crippen LogP contribution in [-0.4, -0.2) is 19.7 Å². The van der Waals surface area contributed by atoms with Crippen molar-refractivity contribution in [1.29, 1.82) is 0 Å². The molecule has 0 spiro atoms. The Morgan fingerprint density at radius 3 is 2.58 bits per heavy atom. The second-order valence-corrected chi connectivity index (χ2v) is 6.03. The summed E-state index contributed by atoms with van der Waals surface area (Å²) in [6, 6.07) is 3.96. The third-order valence-corrected chi connectivity index (χ3v) is 2.69. The summed E-state index contributed by atoms with van der Waals surface area (Å²) < 4.78 is 31.8. The van der Waals surface area contributed by atoms with Gasteiger partial charge in [0.05, 0.1) is 6.61 Å². The van der Waals surface area contributed by atoms with Crippen molar-refractivity contribution < 1.29 is 13.5 Å². The van der Waals surface area contributed by atoms with E-state index in [4.69, 9.17) is 4.74 Å². The molecule has 0 fully saturated rings. The van der Waals surface area contributed by atoms with Crippen LogP contribution in [0.15, 0.2) is 18.2 Å². The average molecular weight is 271 g/mol. The average Bonchev–Trinajstić information content (AvgIpc) is 2.30. The van der Waals surface area contributed by atoms with Gasteiger partial charge in [-0.15, -0.1) is 0 Å². The fraction of sp³-hybridized carbons (Fsp3) is 0.600. The van der Waals surface area contributed by atoms with Gasteiger partial charge < -0.3 is 10.1 Å². The Bertz CT molecular complexity index is 405. The molecule has 1 aromatic rings. The van der Waals surface area contributed by atoms with Crippen LogP contribution in [0.3, 0.4) is 0 Å². The Kier molecular flexibility index (Phi) is 5.73. The van der Waals surface area contributed by atoms with E-state index < -0.39 is 11.6 Å². The molecule has 0 saturated heterocycles. The first-order chi connectivity index (χ1) is 8.82. The van der Waals surface area contributed by atoms with Gasteiger partial charge in [-0.2, -0.15) is 4.39 Å². The van der Waals surface area contributed by atoms with Crippen molar-refractivity contribution in [2.75, 3.05) is 19.7 Å². The van der Waals surface area contributed by atoms with Crippen molar-refractivity contribution in [2.24, 2.45) is 11.3 Å². The molecule has 1 rings (SSSR count). The summed E-state index contributed by atoms with van der Waals surface area (Å²) in [6.07, 6.45) is 0. The molecule has 0 amide bonds. The van der Waals surface area contributed by atoms with Crippen molar-refractivity contribution in [3.05, 3.63) is 29.8 Å². The van der Waals surface area contributed by atoms with Crippen molar-refractivity contribution in [1.82, 2.24) is 5.32 Å². The van der Waals surface area contributed by atoms with E-state index in [9.17, 15) is 8.78 Å². The molecule has 0 aliphatic heterocycles. The fourth-order valence-electron chi connectivity index (χ4n) is 1.62. The number of hydrogen-bond donors (Lipinski definition) is 1. The Morgan fingerprint density at radius 1 is 1.26 bits per heavy atom. The van der Waals surface area contributed by atoms with Gasteiger partial charge in [-0.3, -0.25) is 0 Å². The van der Waals surface area contributed by atoms with Gasteiger partial charge in [0.25, 0.3) is 0 Å².